The van der Waals surface area contributed by atoms with Crippen LogP contribution < -0.4 is 16.6 Å². The number of nitrogens with zero attached hydrogens (tertiary/aromatic N) is 4. The molecule has 0 radical (unpaired) electrons. The normalized spacial score (nSPS) is 20.8. The average Bonchev–Trinajstić information content (AvgIpc) is 3.30. The predicted octanol–water partition coefficient (Wildman–Crippen LogP) is 1.51. The van der Waals surface area contributed by atoms with E-state index in [9.17, 15) is 60.5 Å². The van der Waals surface area contributed by atoms with E-state index in [1.807, 2.05) is 9.90 Å². The molecule has 2 unspecified atom stereocenters. The molecule has 7 N–H and O–H groups in total. The van der Waals surface area contributed by atoms with Crippen molar-refractivity contribution < 1.29 is 78.6 Å². The number of phosphoric ester groups is 1. The third-order valence-electron chi connectivity index (χ3n) is 5.66. The lowest BCUT2D eigenvalue weighted by Gasteiger charge is -2.19. The average molecular weight is 740 g/mol. The summed E-state index contributed by atoms with van der Waals surface area (Å²) in [6, 6.07) is 0. The van der Waals surface area contributed by atoms with Crippen LogP contribution >= 0.6 is 23.5 Å². The summed E-state index contributed by atoms with van der Waals surface area (Å²) >= 11 is 0. The van der Waals surface area contributed by atoms with Crippen LogP contribution in [-0.4, -0.2) is 59.0 Å². The van der Waals surface area contributed by atoms with Gasteiger partial charge in [-0.2, -0.15) is 8.62 Å². The number of aliphatic hydroxyl groups is 1. The van der Waals surface area contributed by atoms with Gasteiger partial charge in [0, 0.05) is 29.3 Å². The fraction of sp³-hybridized carbons (Fsp3) is 0.316. The second kappa shape index (κ2) is 14.7. The summed E-state index contributed by atoms with van der Waals surface area (Å²) < 4.78 is 108. The quantitative estimate of drug-likeness (QED) is 0.0382. The molecule has 0 spiro atoms. The van der Waals surface area contributed by atoms with E-state index in [0.29, 0.717) is 0 Å². The van der Waals surface area contributed by atoms with Gasteiger partial charge in [0.05, 0.1) is 12.7 Å². The highest BCUT2D eigenvalue weighted by Crippen LogP contribution is 2.66. The zero-order valence-electron chi connectivity index (χ0n) is 22.5. The molecule has 1 aliphatic rings. The highest BCUT2D eigenvalue weighted by Gasteiger charge is 2.43. The van der Waals surface area contributed by atoms with Gasteiger partial charge < -0.3 is 34.7 Å². The Labute approximate surface area is 256 Å². The minimum atomic E-state index is -5.82. The number of carbonyl (C=O) groups is 1. The number of benzene rings is 1. The molecule has 1 saturated heterocycles. The van der Waals surface area contributed by atoms with Crippen molar-refractivity contribution >= 4 is 35.1 Å². The van der Waals surface area contributed by atoms with E-state index in [4.69, 9.17) is 20.1 Å². The maximum atomic E-state index is 14.2. The van der Waals surface area contributed by atoms with Gasteiger partial charge in [-0.15, -0.1) is 0 Å². The van der Waals surface area contributed by atoms with E-state index in [1.165, 1.54) is 0 Å². The number of carbonyl (C=O) groups excluding carboxylic acids is 1. The molecule has 1 fully saturated rings. The number of aromatic nitrogens is 2. The summed E-state index contributed by atoms with van der Waals surface area (Å²) in [4.78, 5) is 76.6. The standard InChI is InChI=1S/C19H19F4N6O15P3/c20-12-11(13(21)15(23)16(14(12)22)27-28-24)18(32)25-3-1-2-7-5-29(19(33)26-17(7)31)10-4-8(30)9(42-10)6-41-46(37,38)44-47(39,40)43-45(34,35)36/h1,3,5,8-10,30H,2,4,6H2,(H,25,32)(H,37,38)(H,39,40)(H,26,31,33)(H2,34,35,36)/t8-,9+,10+/m0/s1. The van der Waals surface area contributed by atoms with Crippen LogP contribution in [0.25, 0.3) is 10.4 Å². The lowest BCUT2D eigenvalue weighted by atomic mass is 10.1. The molecule has 47 heavy (non-hydrogen) atoms. The molecule has 258 valence electrons. The molecule has 2 aromatic rings. The molecular formula is C19H19F4N6O15P3. The molecule has 0 saturated carbocycles. The lowest BCUT2D eigenvalue weighted by molar-refractivity contribution is -0.0450. The fourth-order valence-corrected chi connectivity index (χ4v) is 6.77. The van der Waals surface area contributed by atoms with Crippen LogP contribution in [0, 0.1) is 23.3 Å². The van der Waals surface area contributed by atoms with Crippen LogP contribution in [0.1, 0.15) is 28.6 Å². The first-order valence-corrected chi connectivity index (χ1v) is 16.5. The van der Waals surface area contributed by atoms with Gasteiger partial charge in [-0.25, -0.2) is 36.1 Å². The van der Waals surface area contributed by atoms with Crippen molar-refractivity contribution in [1.82, 2.24) is 14.9 Å². The molecule has 3 rings (SSSR count). The van der Waals surface area contributed by atoms with Crippen molar-refractivity contribution in [2.75, 3.05) is 6.61 Å². The maximum absolute atomic E-state index is 14.2. The molecule has 21 nitrogen and oxygen atoms in total. The number of allylic oxidation sites excluding steroid dienone is 1. The summed E-state index contributed by atoms with van der Waals surface area (Å²) in [6.07, 6.45) is -2.62. The molecule has 0 bridgehead atoms. The monoisotopic (exact) mass is 740 g/mol. The first-order chi connectivity index (χ1) is 21.7. The van der Waals surface area contributed by atoms with E-state index in [0.717, 1.165) is 23.0 Å². The number of aliphatic hydroxyl groups excluding tert-OH is 1. The fourth-order valence-electron chi connectivity index (χ4n) is 3.74. The van der Waals surface area contributed by atoms with E-state index < -0.39 is 113 Å². The maximum Gasteiger partial charge on any atom is 0.490 e. The Morgan fingerprint density at radius 2 is 1.72 bits per heavy atom. The lowest BCUT2D eigenvalue weighted by Crippen LogP contribution is -2.34. The second-order valence-corrected chi connectivity index (χ2v) is 13.3. The first kappa shape index (κ1) is 37.9. The first-order valence-electron chi connectivity index (χ1n) is 12.0. The summed E-state index contributed by atoms with van der Waals surface area (Å²) in [5, 5.41) is 14.5. The zero-order valence-corrected chi connectivity index (χ0v) is 25.2. The number of H-pyrrole nitrogens is 1. The van der Waals surface area contributed by atoms with Crippen LogP contribution in [-0.2, 0) is 38.0 Å². The molecule has 1 aromatic heterocycles. The molecule has 2 heterocycles. The third kappa shape index (κ3) is 9.75. The Bertz CT molecular complexity index is 1880. The highest BCUT2D eigenvalue weighted by molar-refractivity contribution is 7.66. The van der Waals surface area contributed by atoms with Crippen molar-refractivity contribution in [3.63, 3.8) is 0 Å². The molecular weight excluding hydrogens is 721 g/mol. The molecule has 1 aromatic carbocycles. The number of azide groups is 1. The van der Waals surface area contributed by atoms with Crippen LogP contribution in [0.4, 0.5) is 23.2 Å². The number of amides is 1. The van der Waals surface area contributed by atoms with Gasteiger partial charge in [-0.05, 0) is 12.0 Å². The molecule has 0 aliphatic carbocycles. The molecule has 1 aliphatic heterocycles. The minimum absolute atomic E-state index is 0.224. The Morgan fingerprint density at radius 3 is 2.30 bits per heavy atom. The smallest absolute Gasteiger partial charge is 0.390 e. The Balaban J connectivity index is 1.68. The molecule has 28 heteroatoms. The SMILES string of the molecule is [N-]=[N+]=Nc1c(F)c(F)c(C(=O)NC=CCc2cn([C@H]3C[C@H](O)[C@@H](COP(=O)(O)OP(=O)(O)OP(=O)(O)O)O3)c(=O)[nH]c2=O)c(F)c1F. The zero-order chi connectivity index (χ0) is 35.5. The summed E-state index contributed by atoms with van der Waals surface area (Å²) in [7, 11) is -17.0. The van der Waals surface area contributed by atoms with E-state index in [2.05, 4.69) is 18.3 Å². The van der Waals surface area contributed by atoms with Gasteiger partial charge in [-0.3, -0.25) is 23.7 Å². The van der Waals surface area contributed by atoms with Crippen molar-refractivity contribution in [2.45, 2.75) is 31.3 Å². The van der Waals surface area contributed by atoms with E-state index >= 15 is 0 Å². The van der Waals surface area contributed by atoms with E-state index in [1.54, 1.807) is 5.32 Å². The number of ether oxygens (including phenoxy) is 1. The number of halogens is 4. The van der Waals surface area contributed by atoms with Gasteiger partial charge in [-0.1, -0.05) is 11.2 Å². The molecule has 1 amide bonds. The van der Waals surface area contributed by atoms with Crippen LogP contribution in [0.2, 0.25) is 0 Å². The van der Waals surface area contributed by atoms with Crippen LogP contribution in [0.15, 0.2) is 33.2 Å². The Kier molecular flexibility index (Phi) is 11.9. The Hall–Kier alpha value is -3.53. The van der Waals surface area contributed by atoms with Crippen molar-refractivity contribution in [1.29, 1.82) is 0 Å². The minimum Gasteiger partial charge on any atom is -0.390 e. The van der Waals surface area contributed by atoms with E-state index in [-0.39, 0.29) is 5.56 Å². The van der Waals surface area contributed by atoms with Gasteiger partial charge in [0.1, 0.15) is 23.6 Å². The van der Waals surface area contributed by atoms with Crippen molar-refractivity contribution in [3.8, 4) is 0 Å². The van der Waals surface area contributed by atoms with Crippen LogP contribution in [0.3, 0.4) is 0 Å². The predicted molar refractivity (Wildman–Crippen MR) is 141 cm³/mol. The Morgan fingerprint density at radius 1 is 1.11 bits per heavy atom. The van der Waals surface area contributed by atoms with Gasteiger partial charge >= 0.3 is 29.2 Å². The summed E-state index contributed by atoms with van der Waals surface area (Å²) in [5.41, 5.74) is 2.65. The van der Waals surface area contributed by atoms with Gasteiger partial charge in [0.25, 0.3) is 11.5 Å². The number of phosphoric acid groups is 3. The van der Waals surface area contributed by atoms with Gasteiger partial charge in [0.2, 0.25) is 0 Å². The topological polar surface area (TPSA) is 322 Å². The number of hydrogen-bond acceptors (Lipinski definition) is 12. The number of rotatable bonds is 13. The molecule has 5 atom stereocenters. The second-order valence-electron chi connectivity index (χ2n) is 8.89. The summed E-state index contributed by atoms with van der Waals surface area (Å²) in [6.45, 7) is -1.06. The number of aromatic amines is 1. The summed E-state index contributed by atoms with van der Waals surface area (Å²) in [5.74, 6) is -10.3. The number of nitrogens with one attached hydrogen (secondary N) is 2. The van der Waals surface area contributed by atoms with Crippen molar-refractivity contribution in [2.24, 2.45) is 5.11 Å². The highest BCUT2D eigenvalue weighted by atomic mass is 31.3. The van der Waals surface area contributed by atoms with Crippen molar-refractivity contribution in [3.05, 3.63) is 84.1 Å². The largest absolute Gasteiger partial charge is 0.490 e. The van der Waals surface area contributed by atoms with Gasteiger partial charge in [0.15, 0.2) is 23.3 Å². The van der Waals surface area contributed by atoms with Crippen LogP contribution in [0.5, 0.6) is 0 Å². The third-order valence-corrected chi connectivity index (χ3v) is 9.46. The number of hydrogen-bond donors (Lipinski definition) is 7.